The van der Waals surface area contributed by atoms with Crippen molar-refractivity contribution in [2.24, 2.45) is 0 Å². The van der Waals surface area contributed by atoms with Crippen LogP contribution in [0.1, 0.15) is 16.8 Å². The molecule has 0 bridgehead atoms. The minimum atomic E-state index is -0.880. The van der Waals surface area contributed by atoms with E-state index in [9.17, 15) is 18.4 Å². The lowest BCUT2D eigenvalue weighted by molar-refractivity contribution is 0.0374. The summed E-state index contributed by atoms with van der Waals surface area (Å²) >= 11 is 0. The molecule has 2 heterocycles. The third kappa shape index (κ3) is 4.65. The van der Waals surface area contributed by atoms with Crippen molar-refractivity contribution in [1.29, 1.82) is 0 Å². The number of halogens is 2. The fraction of sp³-hybridized carbons (Fsp3) is 0.304. The van der Waals surface area contributed by atoms with Gasteiger partial charge in [-0.1, -0.05) is 18.2 Å². The Bertz CT molecular complexity index is 1160. The molecule has 4 rings (SSSR count). The number of aromatic nitrogens is 1. The number of rotatable bonds is 6. The second-order valence-corrected chi connectivity index (χ2v) is 7.42. The molecule has 1 N–H and O–H groups in total. The predicted molar refractivity (Wildman–Crippen MR) is 114 cm³/mol. The van der Waals surface area contributed by atoms with Crippen molar-refractivity contribution in [2.45, 2.75) is 6.42 Å². The van der Waals surface area contributed by atoms with Crippen LogP contribution in [0.15, 0.2) is 53.5 Å². The van der Waals surface area contributed by atoms with Gasteiger partial charge in [-0.05, 0) is 31.2 Å². The van der Waals surface area contributed by atoms with Crippen molar-refractivity contribution in [2.75, 3.05) is 39.4 Å². The van der Waals surface area contributed by atoms with Gasteiger partial charge in [0.1, 0.15) is 11.6 Å². The maximum absolute atomic E-state index is 14.4. The van der Waals surface area contributed by atoms with Crippen LogP contribution >= 0.6 is 0 Å². The molecule has 0 radical (unpaired) electrons. The van der Waals surface area contributed by atoms with Crippen LogP contribution in [-0.2, 0) is 4.74 Å². The first-order chi connectivity index (χ1) is 15.0. The zero-order valence-electron chi connectivity index (χ0n) is 16.9. The summed E-state index contributed by atoms with van der Waals surface area (Å²) in [7, 11) is 0. The highest BCUT2D eigenvalue weighted by molar-refractivity contribution is 6.06. The fourth-order valence-corrected chi connectivity index (χ4v) is 3.75. The smallest absolute Gasteiger partial charge is 0.263 e. The lowest BCUT2D eigenvalue weighted by atomic mass is 10.1. The minimum Gasteiger partial charge on any atom is -0.379 e. The summed E-state index contributed by atoms with van der Waals surface area (Å²) < 4.78 is 34.1. The zero-order valence-corrected chi connectivity index (χ0v) is 16.9. The first-order valence-corrected chi connectivity index (χ1v) is 10.2. The van der Waals surface area contributed by atoms with Crippen LogP contribution in [-0.4, -0.2) is 54.8 Å². The third-order valence-electron chi connectivity index (χ3n) is 5.38. The molecule has 1 aromatic heterocycles. The number of carbonyl (C=O) groups is 1. The van der Waals surface area contributed by atoms with Crippen LogP contribution in [0, 0.1) is 11.6 Å². The topological polar surface area (TPSA) is 63.6 Å². The normalized spacial score (nSPS) is 14.6. The molecule has 1 amide bonds. The van der Waals surface area contributed by atoms with Gasteiger partial charge in [0.2, 0.25) is 0 Å². The molecule has 31 heavy (non-hydrogen) atoms. The molecular formula is C23H23F2N3O3. The highest BCUT2D eigenvalue weighted by Gasteiger charge is 2.17. The molecule has 0 saturated carbocycles. The van der Waals surface area contributed by atoms with Crippen molar-refractivity contribution in [3.8, 4) is 5.69 Å². The quantitative estimate of drug-likeness (QED) is 0.615. The van der Waals surface area contributed by atoms with Gasteiger partial charge in [-0.25, -0.2) is 8.78 Å². The van der Waals surface area contributed by atoms with E-state index in [0.29, 0.717) is 18.0 Å². The van der Waals surface area contributed by atoms with Crippen molar-refractivity contribution < 1.29 is 18.3 Å². The monoisotopic (exact) mass is 427 g/mol. The molecule has 1 saturated heterocycles. The number of nitrogens with one attached hydrogen (secondary N) is 1. The molecular weight excluding hydrogens is 404 g/mol. The van der Waals surface area contributed by atoms with Gasteiger partial charge in [0, 0.05) is 42.7 Å². The van der Waals surface area contributed by atoms with Crippen LogP contribution in [0.3, 0.4) is 0 Å². The van der Waals surface area contributed by atoms with E-state index in [2.05, 4.69) is 10.2 Å². The summed E-state index contributed by atoms with van der Waals surface area (Å²) in [5.41, 5.74) is -0.339. The Labute approximate surface area is 178 Å². The Morgan fingerprint density at radius 2 is 1.81 bits per heavy atom. The van der Waals surface area contributed by atoms with Gasteiger partial charge < -0.3 is 10.1 Å². The summed E-state index contributed by atoms with van der Waals surface area (Å²) in [5, 5.41) is 3.65. The van der Waals surface area contributed by atoms with E-state index in [-0.39, 0.29) is 22.5 Å². The number of hydrogen-bond acceptors (Lipinski definition) is 4. The minimum absolute atomic E-state index is 0.112. The molecule has 6 nitrogen and oxygen atoms in total. The maximum Gasteiger partial charge on any atom is 0.263 e. The van der Waals surface area contributed by atoms with Gasteiger partial charge in [0.15, 0.2) is 0 Å². The van der Waals surface area contributed by atoms with Crippen molar-refractivity contribution in [3.05, 3.63) is 76.2 Å². The lowest BCUT2D eigenvalue weighted by Gasteiger charge is -2.26. The Morgan fingerprint density at radius 3 is 2.55 bits per heavy atom. The molecule has 2 aromatic carbocycles. The Balaban J connectivity index is 1.59. The zero-order chi connectivity index (χ0) is 21.8. The first-order valence-electron chi connectivity index (χ1n) is 10.2. The van der Waals surface area contributed by atoms with Gasteiger partial charge >= 0.3 is 0 Å². The van der Waals surface area contributed by atoms with Gasteiger partial charge in [0.05, 0.1) is 24.5 Å². The Morgan fingerprint density at radius 1 is 1.06 bits per heavy atom. The van der Waals surface area contributed by atoms with E-state index in [4.69, 9.17) is 4.74 Å². The number of carbonyl (C=O) groups excluding carboxylic acids is 1. The molecule has 0 aliphatic carbocycles. The van der Waals surface area contributed by atoms with Crippen LogP contribution in [0.5, 0.6) is 0 Å². The third-order valence-corrected chi connectivity index (χ3v) is 5.38. The van der Waals surface area contributed by atoms with E-state index in [1.807, 2.05) is 0 Å². The number of benzene rings is 2. The second kappa shape index (κ2) is 9.36. The average molecular weight is 427 g/mol. The Kier molecular flexibility index (Phi) is 6.39. The number of fused-ring (bicyclic) bond motifs is 1. The van der Waals surface area contributed by atoms with Crippen molar-refractivity contribution >= 4 is 16.7 Å². The number of morpholine rings is 1. The maximum atomic E-state index is 14.4. The van der Waals surface area contributed by atoms with Gasteiger partial charge in [-0.2, -0.15) is 0 Å². The van der Waals surface area contributed by atoms with Gasteiger partial charge in [0.25, 0.3) is 11.5 Å². The van der Waals surface area contributed by atoms with Crippen LogP contribution in [0.2, 0.25) is 0 Å². The standard InChI is InChI=1S/C23H23F2N3O3/c24-16-6-7-21(20(25)14-16)28-15-19(17-4-1-2-5-18(17)23(28)30)22(29)26-8-3-9-27-10-12-31-13-11-27/h1-2,4-7,14-15H,3,8-13H2,(H,26,29). The van der Waals surface area contributed by atoms with E-state index in [1.54, 1.807) is 24.3 Å². The number of nitrogens with zero attached hydrogens (tertiary/aromatic N) is 2. The van der Waals surface area contributed by atoms with E-state index >= 15 is 0 Å². The van der Waals surface area contributed by atoms with Crippen LogP contribution < -0.4 is 10.9 Å². The molecule has 3 aromatic rings. The number of hydrogen-bond donors (Lipinski definition) is 1. The molecule has 0 spiro atoms. The second-order valence-electron chi connectivity index (χ2n) is 7.42. The summed E-state index contributed by atoms with van der Waals surface area (Å²) in [6.45, 7) is 4.53. The summed E-state index contributed by atoms with van der Waals surface area (Å²) in [6.07, 6.45) is 2.09. The summed E-state index contributed by atoms with van der Waals surface area (Å²) in [6, 6.07) is 9.66. The van der Waals surface area contributed by atoms with Gasteiger partial charge in [-0.15, -0.1) is 0 Å². The largest absolute Gasteiger partial charge is 0.379 e. The average Bonchev–Trinajstić information content (AvgIpc) is 2.78. The van der Waals surface area contributed by atoms with E-state index in [1.165, 1.54) is 12.3 Å². The summed E-state index contributed by atoms with van der Waals surface area (Å²) in [4.78, 5) is 28.1. The first kappa shape index (κ1) is 21.1. The van der Waals surface area contributed by atoms with Crippen LogP contribution in [0.25, 0.3) is 16.5 Å². The highest BCUT2D eigenvalue weighted by atomic mass is 19.1. The van der Waals surface area contributed by atoms with Crippen molar-refractivity contribution in [1.82, 2.24) is 14.8 Å². The molecule has 1 fully saturated rings. The molecule has 162 valence electrons. The molecule has 8 heteroatoms. The van der Waals surface area contributed by atoms with E-state index < -0.39 is 17.2 Å². The number of amides is 1. The predicted octanol–water partition coefficient (Wildman–Crippen LogP) is 2.72. The lowest BCUT2D eigenvalue weighted by Crippen LogP contribution is -2.38. The number of ether oxygens (including phenoxy) is 1. The highest BCUT2D eigenvalue weighted by Crippen LogP contribution is 2.19. The van der Waals surface area contributed by atoms with Gasteiger partial charge in [-0.3, -0.25) is 19.1 Å². The molecule has 1 aliphatic heterocycles. The molecule has 0 unspecified atom stereocenters. The summed E-state index contributed by atoms with van der Waals surface area (Å²) in [5.74, 6) is -1.97. The van der Waals surface area contributed by atoms with Crippen LogP contribution in [0.4, 0.5) is 8.78 Å². The molecule has 0 atom stereocenters. The number of pyridine rings is 1. The SMILES string of the molecule is O=C(NCCCN1CCOCC1)c1cn(-c2ccc(F)cc2F)c(=O)c2ccccc12. The molecule has 1 aliphatic rings. The van der Waals surface area contributed by atoms with E-state index in [0.717, 1.165) is 49.9 Å². The van der Waals surface area contributed by atoms with Crippen molar-refractivity contribution in [3.63, 3.8) is 0 Å². The Hall–Kier alpha value is -3.10. The fourth-order valence-electron chi connectivity index (χ4n) is 3.75.